The molecule has 2 nitrogen and oxygen atoms in total. The highest BCUT2D eigenvalue weighted by Crippen LogP contribution is 2.56. The van der Waals surface area contributed by atoms with E-state index in [-0.39, 0.29) is 5.54 Å². The van der Waals surface area contributed by atoms with Gasteiger partial charge in [0.1, 0.15) is 0 Å². The average Bonchev–Trinajstić information content (AvgIpc) is 3.27. The fourth-order valence-corrected chi connectivity index (χ4v) is 3.29. The zero-order valence-corrected chi connectivity index (χ0v) is 14.6. The maximum atomic E-state index is 12.6. The first-order valence-electron chi connectivity index (χ1n) is 8.74. The summed E-state index contributed by atoms with van der Waals surface area (Å²) < 4.78 is 0. The summed E-state index contributed by atoms with van der Waals surface area (Å²) in [5.74, 6) is 1.54. The number of carbonyl (C=O) groups excluding carboxylic acids is 1. The molecule has 1 amide bonds. The van der Waals surface area contributed by atoms with Crippen molar-refractivity contribution in [3.05, 3.63) is 12.2 Å². The van der Waals surface area contributed by atoms with Crippen molar-refractivity contribution in [2.75, 3.05) is 6.54 Å². The molecule has 0 aromatic heterocycles. The van der Waals surface area contributed by atoms with Crippen LogP contribution in [0.15, 0.2) is 12.2 Å². The molecule has 21 heavy (non-hydrogen) atoms. The van der Waals surface area contributed by atoms with E-state index in [2.05, 4.69) is 51.7 Å². The lowest BCUT2D eigenvalue weighted by Crippen LogP contribution is -2.49. The Labute approximate surface area is 131 Å². The molecule has 0 spiro atoms. The molecule has 0 bridgehead atoms. The van der Waals surface area contributed by atoms with Crippen LogP contribution >= 0.6 is 0 Å². The Balaban J connectivity index is 1.89. The van der Waals surface area contributed by atoms with Crippen molar-refractivity contribution in [3.8, 4) is 0 Å². The second-order valence-electron chi connectivity index (χ2n) is 8.38. The summed E-state index contributed by atoms with van der Waals surface area (Å²) in [6.45, 7) is 12.0. The molecule has 0 aromatic carbocycles. The van der Waals surface area contributed by atoms with E-state index in [1.54, 1.807) is 0 Å². The van der Waals surface area contributed by atoms with E-state index in [1.807, 2.05) is 0 Å². The minimum absolute atomic E-state index is 0.0437. The summed E-state index contributed by atoms with van der Waals surface area (Å²) in [6, 6.07) is 0. The molecule has 2 heteroatoms. The molecule has 2 saturated carbocycles. The van der Waals surface area contributed by atoms with Gasteiger partial charge < -0.3 is 4.90 Å². The van der Waals surface area contributed by atoms with E-state index in [4.69, 9.17) is 0 Å². The van der Waals surface area contributed by atoms with E-state index < -0.39 is 0 Å². The molecular weight excluding hydrogens is 258 g/mol. The Morgan fingerprint density at radius 1 is 1.29 bits per heavy atom. The van der Waals surface area contributed by atoms with Crippen LogP contribution in [0.2, 0.25) is 0 Å². The number of rotatable bonds is 7. The van der Waals surface area contributed by atoms with Crippen molar-refractivity contribution in [2.45, 2.75) is 78.7 Å². The van der Waals surface area contributed by atoms with Crippen LogP contribution in [0.1, 0.15) is 73.1 Å². The molecule has 0 saturated heterocycles. The van der Waals surface area contributed by atoms with Gasteiger partial charge in [-0.25, -0.2) is 0 Å². The quantitative estimate of drug-likeness (QED) is 0.617. The van der Waals surface area contributed by atoms with Gasteiger partial charge in [0, 0.05) is 18.0 Å². The smallest absolute Gasteiger partial charge is 0.226 e. The molecule has 2 rings (SSSR count). The van der Waals surface area contributed by atoms with Crippen molar-refractivity contribution >= 4 is 5.91 Å². The maximum Gasteiger partial charge on any atom is 0.226 e. The van der Waals surface area contributed by atoms with E-state index >= 15 is 0 Å². The molecule has 0 aliphatic heterocycles. The number of allylic oxidation sites excluding steroid dienone is 2. The fourth-order valence-electron chi connectivity index (χ4n) is 3.29. The zero-order valence-electron chi connectivity index (χ0n) is 14.6. The number of hydrogen-bond acceptors (Lipinski definition) is 1. The van der Waals surface area contributed by atoms with Crippen molar-refractivity contribution in [2.24, 2.45) is 17.3 Å². The van der Waals surface area contributed by atoms with Gasteiger partial charge in [-0.15, -0.1) is 0 Å². The van der Waals surface area contributed by atoms with Gasteiger partial charge >= 0.3 is 0 Å². The van der Waals surface area contributed by atoms with E-state index in [0.717, 1.165) is 31.7 Å². The predicted octanol–water partition coefficient (Wildman–Crippen LogP) is 4.80. The van der Waals surface area contributed by atoms with Crippen LogP contribution in [0, 0.1) is 17.3 Å². The van der Waals surface area contributed by atoms with Crippen LogP contribution in [0.4, 0.5) is 0 Å². The molecule has 120 valence electrons. The van der Waals surface area contributed by atoms with Crippen LogP contribution < -0.4 is 0 Å². The number of hydrogen-bond donors (Lipinski definition) is 0. The summed E-state index contributed by atoms with van der Waals surface area (Å²) in [5.41, 5.74) is 0.315. The summed E-state index contributed by atoms with van der Waals surface area (Å²) in [4.78, 5) is 14.8. The third-order valence-electron chi connectivity index (χ3n) is 5.14. The van der Waals surface area contributed by atoms with Crippen molar-refractivity contribution in [3.63, 3.8) is 0 Å². The van der Waals surface area contributed by atoms with Gasteiger partial charge in [0.2, 0.25) is 5.91 Å². The zero-order chi connectivity index (χ0) is 15.7. The fraction of sp³-hybridized carbons (Fsp3) is 0.842. The number of carbonyl (C=O) groups is 1. The highest BCUT2D eigenvalue weighted by atomic mass is 16.2. The van der Waals surface area contributed by atoms with E-state index in [9.17, 15) is 4.79 Å². The summed E-state index contributed by atoms with van der Waals surface area (Å²) in [5, 5.41) is 0. The van der Waals surface area contributed by atoms with Gasteiger partial charge in [0.05, 0.1) is 0 Å². The van der Waals surface area contributed by atoms with Crippen LogP contribution in [0.5, 0.6) is 0 Å². The molecule has 2 unspecified atom stereocenters. The first-order valence-corrected chi connectivity index (χ1v) is 8.74. The van der Waals surface area contributed by atoms with E-state index in [0.29, 0.717) is 17.2 Å². The van der Waals surface area contributed by atoms with E-state index in [1.165, 1.54) is 19.3 Å². The van der Waals surface area contributed by atoms with Crippen LogP contribution in [0.25, 0.3) is 0 Å². The normalized spacial score (nSPS) is 28.9. The molecule has 2 aliphatic rings. The Morgan fingerprint density at radius 3 is 2.48 bits per heavy atom. The third kappa shape index (κ3) is 4.34. The lowest BCUT2D eigenvalue weighted by atomic mass is 9.97. The lowest BCUT2D eigenvalue weighted by molar-refractivity contribution is -0.138. The second kappa shape index (κ2) is 6.14. The summed E-state index contributed by atoms with van der Waals surface area (Å²) in [7, 11) is 0. The highest BCUT2D eigenvalue weighted by Gasteiger charge is 2.52. The summed E-state index contributed by atoms with van der Waals surface area (Å²) in [6.07, 6.45) is 11.7. The molecule has 2 fully saturated rings. The third-order valence-corrected chi connectivity index (χ3v) is 5.14. The van der Waals surface area contributed by atoms with Crippen molar-refractivity contribution < 1.29 is 4.79 Å². The van der Waals surface area contributed by atoms with Gasteiger partial charge in [0.25, 0.3) is 0 Å². The number of amides is 1. The first-order chi connectivity index (χ1) is 9.78. The van der Waals surface area contributed by atoms with Crippen molar-refractivity contribution in [1.82, 2.24) is 4.90 Å². The molecule has 2 atom stereocenters. The molecule has 0 aromatic rings. The van der Waals surface area contributed by atoms with Gasteiger partial charge in [-0.2, -0.15) is 0 Å². The Bertz CT molecular complexity index is 402. The Kier molecular flexibility index (Phi) is 4.85. The molecule has 0 radical (unpaired) electrons. The van der Waals surface area contributed by atoms with Crippen LogP contribution in [0.3, 0.4) is 0 Å². The van der Waals surface area contributed by atoms with Gasteiger partial charge in [-0.1, -0.05) is 26.0 Å². The SMILES string of the molecule is CC/C=C\CCC1CC1(C)CN(C(=O)C1CC1)C(C)(C)C. The first kappa shape index (κ1) is 16.6. The average molecular weight is 291 g/mol. The molecule has 2 aliphatic carbocycles. The largest absolute Gasteiger partial charge is 0.337 e. The topological polar surface area (TPSA) is 20.3 Å². The molecular formula is C19H33NO. The number of nitrogens with zero attached hydrogens (tertiary/aromatic N) is 1. The molecule has 0 N–H and O–H groups in total. The maximum absolute atomic E-state index is 12.6. The lowest BCUT2D eigenvalue weighted by Gasteiger charge is -2.38. The van der Waals surface area contributed by atoms with Crippen LogP contribution in [-0.4, -0.2) is 22.9 Å². The Morgan fingerprint density at radius 2 is 1.95 bits per heavy atom. The standard InChI is InChI=1S/C19H33NO/c1-6-7-8-9-10-16-13-19(16,5)14-20(18(2,3)4)17(21)15-11-12-15/h7-8,15-16H,6,9-14H2,1-5H3/b8-7-. The monoisotopic (exact) mass is 291 g/mol. The van der Waals surface area contributed by atoms with Crippen LogP contribution in [-0.2, 0) is 4.79 Å². The molecule has 0 heterocycles. The van der Waals surface area contributed by atoms with Gasteiger partial charge in [0.15, 0.2) is 0 Å². The van der Waals surface area contributed by atoms with Gasteiger partial charge in [-0.3, -0.25) is 4.79 Å². The Hall–Kier alpha value is -0.790. The minimum Gasteiger partial charge on any atom is -0.337 e. The second-order valence-corrected chi connectivity index (χ2v) is 8.38. The minimum atomic E-state index is -0.0437. The highest BCUT2D eigenvalue weighted by molar-refractivity contribution is 5.81. The van der Waals surface area contributed by atoms with Crippen molar-refractivity contribution in [1.29, 1.82) is 0 Å². The summed E-state index contributed by atoms with van der Waals surface area (Å²) >= 11 is 0. The predicted molar refractivity (Wildman–Crippen MR) is 89.1 cm³/mol. The van der Waals surface area contributed by atoms with Gasteiger partial charge in [-0.05, 0) is 70.6 Å².